The zero-order valence-corrected chi connectivity index (χ0v) is 38.6. The molecular formula is C69H47N. The Balaban J connectivity index is 1.01. The van der Waals surface area contributed by atoms with E-state index in [2.05, 4.69) is 290 Å². The van der Waals surface area contributed by atoms with Gasteiger partial charge < -0.3 is 4.90 Å². The molecule has 0 aliphatic heterocycles. The fourth-order valence-electron chi connectivity index (χ4n) is 11.4. The van der Waals surface area contributed by atoms with E-state index in [4.69, 9.17) is 0 Å². The van der Waals surface area contributed by atoms with Crippen molar-refractivity contribution in [3.8, 4) is 55.6 Å². The highest BCUT2D eigenvalue weighted by Crippen LogP contribution is 2.57. The molecule has 70 heavy (non-hydrogen) atoms. The van der Waals surface area contributed by atoms with Gasteiger partial charge in [-0.25, -0.2) is 0 Å². The molecule has 0 unspecified atom stereocenters. The maximum atomic E-state index is 2.53. The van der Waals surface area contributed by atoms with Gasteiger partial charge in [0.15, 0.2) is 0 Å². The van der Waals surface area contributed by atoms with Crippen molar-refractivity contribution in [2.45, 2.75) is 5.41 Å². The van der Waals surface area contributed by atoms with E-state index in [-0.39, 0.29) is 0 Å². The van der Waals surface area contributed by atoms with Crippen molar-refractivity contribution in [3.63, 3.8) is 0 Å². The van der Waals surface area contributed by atoms with Gasteiger partial charge in [0.1, 0.15) is 0 Å². The first-order chi connectivity index (χ1) is 34.7. The van der Waals surface area contributed by atoms with Gasteiger partial charge in [0, 0.05) is 22.3 Å². The molecule has 12 aromatic rings. The van der Waals surface area contributed by atoms with Crippen LogP contribution in [-0.4, -0.2) is 0 Å². The average molecular weight is 890 g/mol. The Labute approximate surface area is 409 Å². The molecule has 0 bridgehead atoms. The summed E-state index contributed by atoms with van der Waals surface area (Å²) in [7, 11) is 0. The van der Waals surface area contributed by atoms with Crippen LogP contribution in [0.3, 0.4) is 0 Å². The van der Waals surface area contributed by atoms with Gasteiger partial charge >= 0.3 is 0 Å². The molecule has 1 aliphatic carbocycles. The van der Waals surface area contributed by atoms with Crippen LogP contribution >= 0.6 is 0 Å². The van der Waals surface area contributed by atoms with Crippen LogP contribution < -0.4 is 4.90 Å². The third-order valence-electron chi connectivity index (χ3n) is 14.5. The highest BCUT2D eigenvalue weighted by atomic mass is 15.1. The third kappa shape index (κ3) is 6.78. The summed E-state index contributed by atoms with van der Waals surface area (Å²) in [6.07, 6.45) is 0. The average Bonchev–Trinajstić information content (AvgIpc) is 3.75. The highest BCUT2D eigenvalue weighted by molar-refractivity contribution is 6.22. The molecule has 1 nitrogen and oxygen atoms in total. The third-order valence-corrected chi connectivity index (χ3v) is 14.5. The fraction of sp³-hybridized carbons (Fsp3) is 0.0145. The topological polar surface area (TPSA) is 3.24 Å². The SMILES string of the molecule is c1ccc(-c2cccc(-c3ccc(-c4ccc(N(c5cccc(C6(c7ccccc7)c7ccccc7-c7ccccc76)c5)c5c(-c6ccccc6)c6ccccc6c6ccccc56)cc4)cc3)c2)cc1. The van der Waals surface area contributed by atoms with Crippen LogP contribution in [0.15, 0.2) is 285 Å². The van der Waals surface area contributed by atoms with Gasteiger partial charge in [-0.05, 0) is 119 Å². The first kappa shape index (κ1) is 41.2. The molecule has 1 aliphatic rings. The van der Waals surface area contributed by atoms with E-state index in [1.165, 1.54) is 93.9 Å². The standard InChI is InChI=1S/C69H47N/c1-4-20-48(21-5-1)53-24-18-25-54(46-53)51-40-38-49(39-41-51)50-42-44-57(45-43-50)70(68-64-35-13-11-31-60(64)59-30-10-12-34-63(59)67(68)52-22-6-2-7-23-52)58-29-19-28-56(47-58)69(55-26-8-3-9-27-55)65-36-16-14-32-61(65)62-33-15-17-37-66(62)69/h1-47H. The molecule has 0 saturated heterocycles. The van der Waals surface area contributed by atoms with Gasteiger partial charge in [-0.1, -0.05) is 255 Å². The fourth-order valence-corrected chi connectivity index (χ4v) is 11.4. The number of nitrogens with zero attached hydrogens (tertiary/aromatic N) is 1. The van der Waals surface area contributed by atoms with E-state index >= 15 is 0 Å². The second kappa shape index (κ2) is 17.2. The van der Waals surface area contributed by atoms with Crippen molar-refractivity contribution in [1.82, 2.24) is 0 Å². The van der Waals surface area contributed by atoms with Gasteiger partial charge in [-0.15, -0.1) is 0 Å². The lowest BCUT2D eigenvalue weighted by molar-refractivity contribution is 0.768. The molecule has 12 aromatic carbocycles. The molecule has 13 rings (SSSR count). The largest absolute Gasteiger partial charge is 0.309 e. The van der Waals surface area contributed by atoms with E-state index < -0.39 is 5.41 Å². The highest BCUT2D eigenvalue weighted by Gasteiger charge is 2.46. The van der Waals surface area contributed by atoms with Crippen LogP contribution in [0, 0.1) is 0 Å². The van der Waals surface area contributed by atoms with Gasteiger partial charge in [0.25, 0.3) is 0 Å². The molecule has 0 aromatic heterocycles. The molecule has 328 valence electrons. The smallest absolute Gasteiger partial charge is 0.0714 e. The Hall–Kier alpha value is -9.04. The zero-order chi connectivity index (χ0) is 46.4. The Morgan fingerprint density at radius 2 is 0.657 bits per heavy atom. The van der Waals surface area contributed by atoms with Crippen LogP contribution in [0.4, 0.5) is 17.1 Å². The maximum Gasteiger partial charge on any atom is 0.0714 e. The predicted molar refractivity (Wildman–Crippen MR) is 295 cm³/mol. The van der Waals surface area contributed by atoms with Crippen molar-refractivity contribution in [2.75, 3.05) is 4.90 Å². The van der Waals surface area contributed by atoms with Crippen molar-refractivity contribution in [3.05, 3.63) is 307 Å². The predicted octanol–water partition coefficient (Wildman–Crippen LogP) is 18.5. The summed E-state index contributed by atoms with van der Waals surface area (Å²) in [6, 6.07) is 105. The molecule has 0 amide bonds. The minimum absolute atomic E-state index is 0.553. The minimum Gasteiger partial charge on any atom is -0.309 e. The molecule has 1 heteroatoms. The van der Waals surface area contributed by atoms with Crippen LogP contribution in [-0.2, 0) is 5.41 Å². The second-order valence-electron chi connectivity index (χ2n) is 18.3. The number of anilines is 3. The van der Waals surface area contributed by atoms with E-state index in [0.717, 1.165) is 22.6 Å². The van der Waals surface area contributed by atoms with E-state index in [1.807, 2.05) is 0 Å². The molecule has 0 fully saturated rings. The Morgan fingerprint density at radius 3 is 1.27 bits per heavy atom. The number of hydrogen-bond donors (Lipinski definition) is 0. The van der Waals surface area contributed by atoms with Gasteiger partial charge in [0.05, 0.1) is 11.1 Å². The summed E-state index contributed by atoms with van der Waals surface area (Å²) in [4.78, 5) is 2.53. The zero-order valence-electron chi connectivity index (χ0n) is 38.6. The number of rotatable bonds is 9. The Morgan fingerprint density at radius 1 is 0.243 bits per heavy atom. The molecule has 0 saturated carbocycles. The summed E-state index contributed by atoms with van der Waals surface area (Å²) in [5, 5.41) is 4.87. The molecule has 0 atom stereocenters. The lowest BCUT2D eigenvalue weighted by atomic mass is 9.67. The van der Waals surface area contributed by atoms with Gasteiger partial charge in [-0.3, -0.25) is 0 Å². The summed E-state index contributed by atoms with van der Waals surface area (Å²) in [5.74, 6) is 0. The molecule has 0 N–H and O–H groups in total. The Bertz CT molecular complexity index is 3810. The molecular weight excluding hydrogens is 843 g/mol. The summed E-state index contributed by atoms with van der Waals surface area (Å²) in [6.45, 7) is 0. The van der Waals surface area contributed by atoms with E-state index in [0.29, 0.717) is 0 Å². The normalized spacial score (nSPS) is 12.4. The quantitative estimate of drug-likeness (QED) is 0.131. The number of hydrogen-bond acceptors (Lipinski definition) is 1. The van der Waals surface area contributed by atoms with Crippen molar-refractivity contribution in [1.29, 1.82) is 0 Å². The first-order valence-corrected chi connectivity index (χ1v) is 24.2. The first-order valence-electron chi connectivity index (χ1n) is 24.2. The lowest BCUT2D eigenvalue weighted by Crippen LogP contribution is -2.28. The van der Waals surface area contributed by atoms with E-state index in [9.17, 15) is 0 Å². The molecule has 0 spiro atoms. The number of benzene rings is 12. The summed E-state index contributed by atoms with van der Waals surface area (Å²) in [5.41, 5.74) is 19.9. The van der Waals surface area contributed by atoms with Gasteiger partial charge in [0.2, 0.25) is 0 Å². The van der Waals surface area contributed by atoms with Crippen molar-refractivity contribution < 1.29 is 0 Å². The van der Waals surface area contributed by atoms with Gasteiger partial charge in [-0.2, -0.15) is 0 Å². The van der Waals surface area contributed by atoms with Crippen LogP contribution in [0.1, 0.15) is 22.3 Å². The maximum absolute atomic E-state index is 2.53. The second-order valence-corrected chi connectivity index (χ2v) is 18.3. The molecule has 0 heterocycles. The van der Waals surface area contributed by atoms with Crippen LogP contribution in [0.5, 0.6) is 0 Å². The number of fused-ring (bicyclic) bond motifs is 6. The van der Waals surface area contributed by atoms with Crippen molar-refractivity contribution >= 4 is 38.6 Å². The van der Waals surface area contributed by atoms with Crippen LogP contribution in [0.25, 0.3) is 77.2 Å². The minimum atomic E-state index is -0.553. The molecule has 0 radical (unpaired) electrons. The Kier molecular flexibility index (Phi) is 10.1. The summed E-state index contributed by atoms with van der Waals surface area (Å²) < 4.78 is 0. The van der Waals surface area contributed by atoms with Crippen LogP contribution in [0.2, 0.25) is 0 Å². The van der Waals surface area contributed by atoms with Crippen molar-refractivity contribution in [2.24, 2.45) is 0 Å². The lowest BCUT2D eigenvalue weighted by Gasteiger charge is -2.36. The van der Waals surface area contributed by atoms with E-state index in [1.54, 1.807) is 0 Å². The summed E-state index contributed by atoms with van der Waals surface area (Å²) >= 11 is 0. The monoisotopic (exact) mass is 889 g/mol.